The minimum absolute atomic E-state index is 0.176. The fourth-order valence-electron chi connectivity index (χ4n) is 2.62. The van der Waals surface area contributed by atoms with Gasteiger partial charge in [0.2, 0.25) is 0 Å². The normalized spacial score (nSPS) is 19.0. The van der Waals surface area contributed by atoms with Gasteiger partial charge in [-0.05, 0) is 47.7 Å². The molecule has 104 valence electrons. The van der Waals surface area contributed by atoms with Crippen LogP contribution in [0.15, 0.2) is 42.5 Å². The third kappa shape index (κ3) is 2.77. The second-order valence-electron chi connectivity index (χ2n) is 5.49. The van der Waals surface area contributed by atoms with Gasteiger partial charge in [-0.25, -0.2) is 0 Å². The molecule has 2 heteroatoms. The van der Waals surface area contributed by atoms with E-state index in [9.17, 15) is 0 Å². The van der Waals surface area contributed by atoms with Gasteiger partial charge in [0.15, 0.2) is 0 Å². The van der Waals surface area contributed by atoms with Crippen LogP contribution in [0, 0.1) is 13.8 Å². The topological polar surface area (TPSA) is 21.3 Å². The maximum absolute atomic E-state index is 5.84. The summed E-state index contributed by atoms with van der Waals surface area (Å²) in [6.45, 7) is 6.95. The quantitative estimate of drug-likeness (QED) is 0.897. The summed E-state index contributed by atoms with van der Waals surface area (Å²) in [4.78, 5) is 0. The Balaban J connectivity index is 1.91. The van der Waals surface area contributed by atoms with Crippen LogP contribution in [0.3, 0.4) is 0 Å². The summed E-state index contributed by atoms with van der Waals surface area (Å²) in [6.07, 6.45) is 0.176. The van der Waals surface area contributed by atoms with Crippen LogP contribution >= 0.6 is 0 Å². The first kappa shape index (κ1) is 13.3. The fraction of sp³-hybridized carbons (Fsp3) is 0.333. The molecule has 0 spiro atoms. The average molecular weight is 267 g/mol. The van der Waals surface area contributed by atoms with Crippen molar-refractivity contribution < 1.29 is 4.74 Å². The van der Waals surface area contributed by atoms with Crippen molar-refractivity contribution in [2.75, 3.05) is 19.7 Å². The van der Waals surface area contributed by atoms with Gasteiger partial charge in [0.25, 0.3) is 0 Å². The Kier molecular flexibility index (Phi) is 3.86. The molecule has 20 heavy (non-hydrogen) atoms. The highest BCUT2D eigenvalue weighted by atomic mass is 16.5. The van der Waals surface area contributed by atoms with Crippen LogP contribution in [0.4, 0.5) is 0 Å². The van der Waals surface area contributed by atoms with Crippen LogP contribution in [0.2, 0.25) is 0 Å². The first-order valence-electron chi connectivity index (χ1n) is 7.24. The van der Waals surface area contributed by atoms with Gasteiger partial charge in [-0.15, -0.1) is 0 Å². The number of morpholine rings is 1. The predicted octanol–water partition coefficient (Wildman–Crippen LogP) is 3.63. The minimum atomic E-state index is 0.176. The SMILES string of the molecule is Cc1ccc(-c2cccc(C3CNCCO3)c2)cc1C. The van der Waals surface area contributed by atoms with Gasteiger partial charge in [-0.1, -0.05) is 36.4 Å². The Hall–Kier alpha value is -1.64. The van der Waals surface area contributed by atoms with E-state index < -0.39 is 0 Å². The molecular weight excluding hydrogens is 246 g/mol. The monoisotopic (exact) mass is 267 g/mol. The Morgan fingerprint density at radius 1 is 1.00 bits per heavy atom. The van der Waals surface area contributed by atoms with Gasteiger partial charge >= 0.3 is 0 Å². The van der Waals surface area contributed by atoms with Gasteiger partial charge in [0.05, 0.1) is 12.7 Å². The summed E-state index contributed by atoms with van der Waals surface area (Å²) in [7, 11) is 0. The van der Waals surface area contributed by atoms with Gasteiger partial charge in [-0.2, -0.15) is 0 Å². The highest BCUT2D eigenvalue weighted by molar-refractivity contribution is 5.65. The highest BCUT2D eigenvalue weighted by Gasteiger charge is 2.15. The Bertz CT molecular complexity index is 600. The maximum Gasteiger partial charge on any atom is 0.0950 e. The lowest BCUT2D eigenvalue weighted by Crippen LogP contribution is -2.33. The van der Waals surface area contributed by atoms with Crippen LogP contribution in [-0.2, 0) is 4.74 Å². The molecule has 2 aromatic carbocycles. The molecule has 2 nitrogen and oxygen atoms in total. The summed E-state index contributed by atoms with van der Waals surface area (Å²) in [5, 5.41) is 3.38. The van der Waals surface area contributed by atoms with Crippen molar-refractivity contribution in [3.8, 4) is 11.1 Å². The lowest BCUT2D eigenvalue weighted by molar-refractivity contribution is 0.0277. The molecule has 0 bridgehead atoms. The van der Waals surface area contributed by atoms with E-state index in [2.05, 4.69) is 61.6 Å². The number of benzene rings is 2. The number of aryl methyl sites for hydroxylation is 2. The summed E-state index contributed by atoms with van der Waals surface area (Å²) >= 11 is 0. The molecule has 0 aromatic heterocycles. The molecule has 0 amide bonds. The van der Waals surface area contributed by atoms with Crippen LogP contribution < -0.4 is 5.32 Å². The van der Waals surface area contributed by atoms with E-state index in [1.165, 1.54) is 27.8 Å². The zero-order valence-corrected chi connectivity index (χ0v) is 12.1. The van der Waals surface area contributed by atoms with Crippen LogP contribution in [0.25, 0.3) is 11.1 Å². The predicted molar refractivity (Wildman–Crippen MR) is 82.9 cm³/mol. The van der Waals surface area contributed by atoms with Crippen molar-refractivity contribution in [2.45, 2.75) is 20.0 Å². The molecule has 1 unspecified atom stereocenters. The Morgan fingerprint density at radius 2 is 1.85 bits per heavy atom. The number of nitrogens with one attached hydrogen (secondary N) is 1. The molecule has 1 heterocycles. The van der Waals surface area contributed by atoms with E-state index in [1.807, 2.05) is 0 Å². The van der Waals surface area contributed by atoms with Crippen molar-refractivity contribution in [3.63, 3.8) is 0 Å². The molecular formula is C18H21NO. The first-order valence-corrected chi connectivity index (χ1v) is 7.24. The van der Waals surface area contributed by atoms with Gasteiger partial charge < -0.3 is 10.1 Å². The lowest BCUT2D eigenvalue weighted by Gasteiger charge is -2.24. The molecule has 0 aliphatic carbocycles. The zero-order chi connectivity index (χ0) is 13.9. The summed E-state index contributed by atoms with van der Waals surface area (Å²) in [5.74, 6) is 0. The van der Waals surface area contributed by atoms with Crippen LogP contribution in [0.5, 0.6) is 0 Å². The van der Waals surface area contributed by atoms with E-state index in [1.54, 1.807) is 0 Å². The summed E-state index contributed by atoms with van der Waals surface area (Å²) < 4.78 is 5.84. The molecule has 3 rings (SSSR count). The molecule has 1 atom stereocenters. The van der Waals surface area contributed by atoms with Crippen molar-refractivity contribution in [1.82, 2.24) is 5.32 Å². The van der Waals surface area contributed by atoms with E-state index in [0.29, 0.717) is 0 Å². The van der Waals surface area contributed by atoms with Crippen LogP contribution in [0.1, 0.15) is 22.8 Å². The number of ether oxygens (including phenoxy) is 1. The minimum Gasteiger partial charge on any atom is -0.371 e. The second-order valence-corrected chi connectivity index (χ2v) is 5.49. The van der Waals surface area contributed by atoms with E-state index in [-0.39, 0.29) is 6.10 Å². The Labute approximate surface area is 120 Å². The van der Waals surface area contributed by atoms with Crippen molar-refractivity contribution >= 4 is 0 Å². The smallest absolute Gasteiger partial charge is 0.0950 e. The fourth-order valence-corrected chi connectivity index (χ4v) is 2.62. The van der Waals surface area contributed by atoms with Gasteiger partial charge in [0, 0.05) is 13.1 Å². The molecule has 0 radical (unpaired) electrons. The molecule has 1 aliphatic heterocycles. The summed E-state index contributed by atoms with van der Waals surface area (Å²) in [6, 6.07) is 15.3. The van der Waals surface area contributed by atoms with Gasteiger partial charge in [-0.3, -0.25) is 0 Å². The summed E-state index contributed by atoms with van der Waals surface area (Å²) in [5.41, 5.74) is 6.47. The average Bonchev–Trinajstić information content (AvgIpc) is 2.51. The highest BCUT2D eigenvalue weighted by Crippen LogP contribution is 2.26. The first-order chi connectivity index (χ1) is 9.74. The van der Waals surface area contributed by atoms with E-state index in [4.69, 9.17) is 4.74 Å². The number of hydrogen-bond acceptors (Lipinski definition) is 2. The molecule has 1 N–H and O–H groups in total. The number of rotatable bonds is 2. The second kappa shape index (κ2) is 5.78. The Morgan fingerprint density at radius 3 is 2.60 bits per heavy atom. The molecule has 0 saturated carbocycles. The maximum atomic E-state index is 5.84. The molecule has 1 saturated heterocycles. The standard InChI is InChI=1S/C18H21NO/c1-13-6-7-16(10-14(13)2)15-4-3-5-17(11-15)18-12-19-8-9-20-18/h3-7,10-11,18-19H,8-9,12H2,1-2H3. The third-order valence-corrected chi connectivity index (χ3v) is 4.03. The lowest BCUT2D eigenvalue weighted by atomic mass is 9.97. The zero-order valence-electron chi connectivity index (χ0n) is 12.1. The van der Waals surface area contributed by atoms with E-state index >= 15 is 0 Å². The van der Waals surface area contributed by atoms with Crippen molar-refractivity contribution in [1.29, 1.82) is 0 Å². The molecule has 1 fully saturated rings. The largest absolute Gasteiger partial charge is 0.371 e. The van der Waals surface area contributed by atoms with E-state index in [0.717, 1.165) is 19.7 Å². The van der Waals surface area contributed by atoms with Crippen molar-refractivity contribution in [2.24, 2.45) is 0 Å². The van der Waals surface area contributed by atoms with Gasteiger partial charge in [0.1, 0.15) is 0 Å². The van der Waals surface area contributed by atoms with Crippen LogP contribution in [-0.4, -0.2) is 19.7 Å². The molecule has 2 aromatic rings. The van der Waals surface area contributed by atoms with Crippen molar-refractivity contribution in [3.05, 3.63) is 59.2 Å². The third-order valence-electron chi connectivity index (χ3n) is 4.03. The number of hydrogen-bond donors (Lipinski definition) is 1. The molecule has 1 aliphatic rings.